The molecule has 4 rings (SSSR count). The molecule has 0 unspecified atom stereocenters. The average Bonchev–Trinajstić information content (AvgIpc) is 3.37. The summed E-state index contributed by atoms with van der Waals surface area (Å²) in [6.45, 7) is 0.921. The lowest BCUT2D eigenvalue weighted by molar-refractivity contribution is -0.139. The molecule has 0 bridgehead atoms. The SMILES string of the molecule is O=C1C(=O)N(CCCn2ccnc2)[C@@H](c2ccc(Cl)cc2)/C1=C(\O)c1ccc(F)cc1. The average molecular weight is 440 g/mol. The van der Waals surface area contributed by atoms with Crippen LogP contribution in [0.25, 0.3) is 5.76 Å². The second-order valence-corrected chi connectivity index (χ2v) is 7.64. The lowest BCUT2D eigenvalue weighted by atomic mass is 9.95. The first-order chi connectivity index (χ1) is 15.0. The van der Waals surface area contributed by atoms with Crippen molar-refractivity contribution in [3.63, 3.8) is 0 Å². The van der Waals surface area contributed by atoms with Crippen LogP contribution >= 0.6 is 11.6 Å². The molecule has 31 heavy (non-hydrogen) atoms. The first-order valence-corrected chi connectivity index (χ1v) is 10.1. The smallest absolute Gasteiger partial charge is 0.295 e. The molecule has 3 aromatic rings. The molecule has 0 aliphatic carbocycles. The maximum absolute atomic E-state index is 13.3. The van der Waals surface area contributed by atoms with Crippen molar-refractivity contribution in [2.75, 3.05) is 6.54 Å². The summed E-state index contributed by atoms with van der Waals surface area (Å²) in [5, 5.41) is 11.4. The molecule has 1 aliphatic heterocycles. The zero-order valence-corrected chi connectivity index (χ0v) is 17.2. The monoisotopic (exact) mass is 439 g/mol. The minimum atomic E-state index is -0.774. The van der Waals surface area contributed by atoms with Gasteiger partial charge in [-0.05, 0) is 48.4 Å². The van der Waals surface area contributed by atoms with Crippen molar-refractivity contribution < 1.29 is 19.1 Å². The highest BCUT2D eigenvalue weighted by Gasteiger charge is 2.45. The second kappa shape index (κ2) is 8.73. The Morgan fingerprint density at radius 3 is 2.42 bits per heavy atom. The molecule has 1 atom stereocenters. The van der Waals surface area contributed by atoms with E-state index in [4.69, 9.17) is 11.6 Å². The number of rotatable bonds is 6. The van der Waals surface area contributed by atoms with Crippen LogP contribution in [0.2, 0.25) is 5.02 Å². The summed E-state index contributed by atoms with van der Waals surface area (Å²) in [5.41, 5.74) is 0.883. The number of imidazole rings is 1. The summed E-state index contributed by atoms with van der Waals surface area (Å²) in [6.07, 6.45) is 5.76. The Morgan fingerprint density at radius 1 is 1.06 bits per heavy atom. The highest BCUT2D eigenvalue weighted by Crippen LogP contribution is 2.39. The van der Waals surface area contributed by atoms with Crippen LogP contribution in [0.15, 0.2) is 72.8 Å². The Bertz CT molecular complexity index is 1130. The molecule has 8 heteroatoms. The molecule has 1 saturated heterocycles. The number of ketones is 1. The van der Waals surface area contributed by atoms with E-state index < -0.39 is 23.5 Å². The van der Waals surface area contributed by atoms with E-state index in [0.717, 1.165) is 0 Å². The van der Waals surface area contributed by atoms with Gasteiger partial charge < -0.3 is 14.6 Å². The quantitative estimate of drug-likeness (QED) is 0.355. The first kappa shape index (κ1) is 20.8. The van der Waals surface area contributed by atoms with E-state index in [2.05, 4.69) is 4.98 Å². The Kier molecular flexibility index (Phi) is 5.86. The van der Waals surface area contributed by atoms with Crippen molar-refractivity contribution in [3.8, 4) is 0 Å². The third-order valence-electron chi connectivity index (χ3n) is 5.22. The Labute approximate surface area is 183 Å². The van der Waals surface area contributed by atoms with Gasteiger partial charge in [-0.15, -0.1) is 0 Å². The summed E-state index contributed by atoms with van der Waals surface area (Å²) in [4.78, 5) is 31.2. The van der Waals surface area contributed by atoms with Crippen LogP contribution in [-0.4, -0.2) is 37.8 Å². The molecule has 0 saturated carbocycles. The summed E-state index contributed by atoms with van der Waals surface area (Å²) in [5.74, 6) is -2.26. The molecule has 2 heterocycles. The Morgan fingerprint density at radius 2 is 1.77 bits per heavy atom. The number of aromatic nitrogens is 2. The Balaban J connectivity index is 1.72. The number of halogens is 2. The second-order valence-electron chi connectivity index (χ2n) is 7.20. The number of benzene rings is 2. The number of aryl methyl sites for hydroxylation is 1. The maximum Gasteiger partial charge on any atom is 0.295 e. The lowest BCUT2D eigenvalue weighted by Crippen LogP contribution is -2.31. The highest BCUT2D eigenvalue weighted by molar-refractivity contribution is 6.46. The topological polar surface area (TPSA) is 75.4 Å². The number of likely N-dealkylation sites (tertiary alicyclic amines) is 1. The first-order valence-electron chi connectivity index (χ1n) is 9.71. The molecule has 1 aliphatic rings. The van der Waals surface area contributed by atoms with Gasteiger partial charge >= 0.3 is 0 Å². The number of hydrogen-bond donors (Lipinski definition) is 1. The van der Waals surface area contributed by atoms with Crippen LogP contribution in [0, 0.1) is 5.82 Å². The number of Topliss-reactive ketones (excluding diaryl/α,β-unsaturated/α-hetero) is 1. The third-order valence-corrected chi connectivity index (χ3v) is 5.47. The molecule has 1 aromatic heterocycles. The Hall–Kier alpha value is -3.45. The summed E-state index contributed by atoms with van der Waals surface area (Å²) < 4.78 is 15.2. The molecule has 1 amide bonds. The van der Waals surface area contributed by atoms with E-state index in [0.29, 0.717) is 30.1 Å². The summed E-state index contributed by atoms with van der Waals surface area (Å²) in [6, 6.07) is 11.1. The van der Waals surface area contributed by atoms with E-state index in [1.54, 1.807) is 36.8 Å². The van der Waals surface area contributed by atoms with Gasteiger partial charge in [0.1, 0.15) is 11.6 Å². The van der Waals surface area contributed by atoms with E-state index in [-0.39, 0.29) is 16.9 Å². The zero-order chi connectivity index (χ0) is 22.0. The van der Waals surface area contributed by atoms with Gasteiger partial charge in [0.05, 0.1) is 17.9 Å². The minimum absolute atomic E-state index is 0.0263. The minimum Gasteiger partial charge on any atom is -0.507 e. The van der Waals surface area contributed by atoms with E-state index in [9.17, 15) is 19.1 Å². The van der Waals surface area contributed by atoms with Crippen LogP contribution in [0.3, 0.4) is 0 Å². The molecule has 0 spiro atoms. The van der Waals surface area contributed by atoms with E-state index in [1.165, 1.54) is 29.2 Å². The normalized spacial score (nSPS) is 18.0. The molecule has 6 nitrogen and oxygen atoms in total. The number of nitrogens with zero attached hydrogens (tertiary/aromatic N) is 3. The highest BCUT2D eigenvalue weighted by atomic mass is 35.5. The van der Waals surface area contributed by atoms with Crippen LogP contribution < -0.4 is 0 Å². The van der Waals surface area contributed by atoms with E-state index >= 15 is 0 Å². The predicted molar refractivity (Wildman–Crippen MR) is 114 cm³/mol. The fraction of sp³-hybridized carbons (Fsp3) is 0.174. The van der Waals surface area contributed by atoms with Crippen LogP contribution in [0.5, 0.6) is 0 Å². The molecule has 1 fully saturated rings. The largest absolute Gasteiger partial charge is 0.507 e. The van der Waals surface area contributed by atoms with Gasteiger partial charge in [-0.25, -0.2) is 9.37 Å². The van der Waals surface area contributed by atoms with Crippen LogP contribution in [-0.2, 0) is 16.1 Å². The predicted octanol–water partition coefficient (Wildman–Crippen LogP) is 4.19. The number of carbonyl (C=O) groups is 2. The molecule has 158 valence electrons. The van der Waals surface area contributed by atoms with Gasteiger partial charge in [0.25, 0.3) is 11.7 Å². The van der Waals surface area contributed by atoms with Crippen molar-refractivity contribution in [3.05, 3.63) is 94.8 Å². The van der Waals surface area contributed by atoms with Gasteiger partial charge in [-0.2, -0.15) is 0 Å². The number of carbonyl (C=O) groups excluding carboxylic acids is 2. The molecule has 0 radical (unpaired) electrons. The number of amides is 1. The number of hydrogen-bond acceptors (Lipinski definition) is 4. The van der Waals surface area contributed by atoms with Crippen molar-refractivity contribution in [1.82, 2.24) is 14.5 Å². The van der Waals surface area contributed by atoms with Gasteiger partial charge in [0.2, 0.25) is 0 Å². The maximum atomic E-state index is 13.3. The molecule has 1 N–H and O–H groups in total. The standard InChI is InChI=1S/C23H19ClFN3O3/c24-17-6-2-15(3-7-17)20-19(21(29)16-4-8-18(25)9-5-16)22(30)23(31)28(20)12-1-11-27-13-10-26-14-27/h2-10,13-14,20,29H,1,11-12H2/b21-19+/t20-/m0/s1. The number of aliphatic hydroxyl groups excluding tert-OH is 1. The summed E-state index contributed by atoms with van der Waals surface area (Å²) in [7, 11) is 0. The van der Waals surface area contributed by atoms with Crippen molar-refractivity contribution in [2.45, 2.75) is 19.0 Å². The fourth-order valence-corrected chi connectivity index (χ4v) is 3.83. The number of aliphatic hydroxyl groups is 1. The summed E-state index contributed by atoms with van der Waals surface area (Å²) >= 11 is 6.01. The lowest BCUT2D eigenvalue weighted by Gasteiger charge is -2.25. The van der Waals surface area contributed by atoms with Crippen molar-refractivity contribution in [1.29, 1.82) is 0 Å². The van der Waals surface area contributed by atoms with Crippen LogP contribution in [0.1, 0.15) is 23.6 Å². The molecular formula is C23H19ClFN3O3. The van der Waals surface area contributed by atoms with Gasteiger partial charge in [0.15, 0.2) is 0 Å². The van der Waals surface area contributed by atoms with Crippen LogP contribution in [0.4, 0.5) is 4.39 Å². The van der Waals surface area contributed by atoms with Gasteiger partial charge in [0, 0.05) is 36.1 Å². The fourth-order valence-electron chi connectivity index (χ4n) is 3.71. The van der Waals surface area contributed by atoms with Gasteiger partial charge in [-0.1, -0.05) is 23.7 Å². The third kappa shape index (κ3) is 4.22. The molecular weight excluding hydrogens is 421 g/mol. The van der Waals surface area contributed by atoms with Crippen molar-refractivity contribution in [2.24, 2.45) is 0 Å². The van der Waals surface area contributed by atoms with Gasteiger partial charge in [-0.3, -0.25) is 9.59 Å². The van der Waals surface area contributed by atoms with E-state index in [1.807, 2.05) is 10.8 Å². The van der Waals surface area contributed by atoms with Crippen molar-refractivity contribution >= 4 is 29.1 Å². The zero-order valence-electron chi connectivity index (χ0n) is 16.4. The molecule has 2 aromatic carbocycles.